The van der Waals surface area contributed by atoms with Crippen LogP contribution in [0, 0.1) is 0 Å². The van der Waals surface area contributed by atoms with Crippen molar-refractivity contribution in [2.45, 2.75) is 27.1 Å². The van der Waals surface area contributed by atoms with Crippen LogP contribution in [0.1, 0.15) is 13.8 Å². The number of ether oxygens (including phenoxy) is 1. The van der Waals surface area contributed by atoms with E-state index in [1.807, 2.05) is 0 Å². The van der Waals surface area contributed by atoms with Crippen LogP contribution < -0.4 is 11.2 Å². The van der Waals surface area contributed by atoms with E-state index >= 15 is 0 Å². The molecule has 1 aromatic heterocycles. The van der Waals surface area contributed by atoms with Crippen molar-refractivity contribution in [1.29, 1.82) is 0 Å². The molecular weight excluding hydrogens is 224 g/mol. The van der Waals surface area contributed by atoms with Crippen LogP contribution in [0.2, 0.25) is 0 Å². The quantitative estimate of drug-likeness (QED) is 0.551. The van der Waals surface area contributed by atoms with Crippen LogP contribution in [0.4, 0.5) is 0 Å². The van der Waals surface area contributed by atoms with Gasteiger partial charge in [-0.1, -0.05) is 6.58 Å². The fourth-order valence-electron chi connectivity index (χ4n) is 1.20. The lowest BCUT2D eigenvalue weighted by atomic mass is 10.4. The van der Waals surface area contributed by atoms with Crippen molar-refractivity contribution in [3.8, 4) is 0 Å². The van der Waals surface area contributed by atoms with Crippen molar-refractivity contribution in [2.24, 2.45) is 0 Å². The predicted molar refractivity (Wildman–Crippen MR) is 61.5 cm³/mol. The van der Waals surface area contributed by atoms with E-state index in [1.165, 1.54) is 19.2 Å². The second-order valence-corrected chi connectivity index (χ2v) is 3.49. The molecule has 1 rings (SSSR count). The number of carbonyl (C=O) groups is 1. The summed E-state index contributed by atoms with van der Waals surface area (Å²) in [6.45, 7) is 6.66. The van der Waals surface area contributed by atoms with E-state index in [1.54, 1.807) is 6.92 Å². The Morgan fingerprint density at radius 1 is 1.47 bits per heavy atom. The van der Waals surface area contributed by atoms with Gasteiger partial charge >= 0.3 is 11.7 Å². The topological polar surface area (TPSA) is 70.3 Å². The Labute approximate surface area is 97.8 Å². The number of hydrogen-bond donors (Lipinski definition) is 0. The van der Waals surface area contributed by atoms with Gasteiger partial charge in [0, 0.05) is 24.4 Å². The largest absolute Gasteiger partial charge is 0.440 e. The summed E-state index contributed by atoms with van der Waals surface area (Å²) in [4.78, 5) is 34.2. The van der Waals surface area contributed by atoms with Crippen LogP contribution in [0.3, 0.4) is 0 Å². The van der Waals surface area contributed by atoms with Gasteiger partial charge < -0.3 is 4.74 Å². The number of nitrogens with zero attached hydrogens (tertiary/aromatic N) is 2. The number of hydrogen-bond acceptors (Lipinski definition) is 4. The molecule has 1 heterocycles. The molecule has 0 radical (unpaired) electrons. The molecule has 6 heteroatoms. The Kier molecular flexibility index (Phi) is 4.03. The molecule has 0 spiro atoms. The zero-order valence-electron chi connectivity index (χ0n) is 9.80. The Bertz CT molecular complexity index is 553. The number of carbonyl (C=O) groups excluding carboxylic acids is 1. The lowest BCUT2D eigenvalue weighted by Crippen LogP contribution is -2.39. The average Bonchev–Trinajstić information content (AvgIpc) is 2.28. The third kappa shape index (κ3) is 2.93. The van der Waals surface area contributed by atoms with Crippen molar-refractivity contribution in [3.63, 3.8) is 0 Å². The maximum Gasteiger partial charge on any atom is 0.334 e. The van der Waals surface area contributed by atoms with Crippen LogP contribution in [0.25, 0.3) is 0 Å². The van der Waals surface area contributed by atoms with Crippen LogP contribution in [0.5, 0.6) is 0 Å². The van der Waals surface area contributed by atoms with Gasteiger partial charge in [-0.15, -0.1) is 0 Å². The second-order valence-electron chi connectivity index (χ2n) is 3.49. The first kappa shape index (κ1) is 13.0. The molecular formula is C11H14N2O4. The lowest BCUT2D eigenvalue weighted by molar-refractivity contribution is -0.142. The maximum atomic E-state index is 11.7. The summed E-state index contributed by atoms with van der Waals surface area (Å²) < 4.78 is 7.01. The summed E-state index contributed by atoms with van der Waals surface area (Å²) >= 11 is 0. The first-order chi connectivity index (χ1) is 7.97. The van der Waals surface area contributed by atoms with E-state index in [0.717, 1.165) is 9.13 Å². The Hall–Kier alpha value is -2.11. The molecule has 0 amide bonds. The monoisotopic (exact) mass is 238 g/mol. The summed E-state index contributed by atoms with van der Waals surface area (Å²) in [6.07, 6.45) is 1.29. The molecule has 0 atom stereocenters. The Morgan fingerprint density at radius 3 is 2.65 bits per heavy atom. The van der Waals surface area contributed by atoms with E-state index in [0.29, 0.717) is 0 Å². The molecule has 0 unspecified atom stereocenters. The lowest BCUT2D eigenvalue weighted by Gasteiger charge is -2.08. The predicted octanol–water partition coefficient (Wildman–Crippen LogP) is 0.107. The van der Waals surface area contributed by atoms with Gasteiger partial charge in [0.05, 0.1) is 0 Å². The van der Waals surface area contributed by atoms with Gasteiger partial charge in [0.15, 0.2) is 6.73 Å². The molecule has 1 aromatic rings. The molecule has 92 valence electrons. The van der Waals surface area contributed by atoms with E-state index in [9.17, 15) is 14.4 Å². The van der Waals surface area contributed by atoms with E-state index < -0.39 is 11.7 Å². The van der Waals surface area contributed by atoms with Crippen LogP contribution in [0.15, 0.2) is 34.0 Å². The van der Waals surface area contributed by atoms with E-state index in [2.05, 4.69) is 6.58 Å². The smallest absolute Gasteiger partial charge is 0.334 e. The molecule has 0 aliphatic rings. The number of rotatable bonds is 4. The van der Waals surface area contributed by atoms with Crippen LogP contribution >= 0.6 is 0 Å². The van der Waals surface area contributed by atoms with Gasteiger partial charge in [0.25, 0.3) is 5.56 Å². The minimum absolute atomic E-state index is 0.231. The van der Waals surface area contributed by atoms with E-state index in [-0.39, 0.29) is 24.4 Å². The molecule has 0 saturated heterocycles. The fourth-order valence-corrected chi connectivity index (χ4v) is 1.20. The van der Waals surface area contributed by atoms with Gasteiger partial charge in [-0.25, -0.2) is 9.59 Å². The standard InChI is InChI=1S/C11H14N2O4/c1-4-13-9(14)5-6-12(11(13)16)7-17-10(15)8(2)3/h5-6H,2,4,7H2,1,3H3. The van der Waals surface area contributed by atoms with Crippen LogP contribution in [-0.4, -0.2) is 15.1 Å². The highest BCUT2D eigenvalue weighted by molar-refractivity contribution is 5.86. The van der Waals surface area contributed by atoms with E-state index in [4.69, 9.17) is 4.74 Å². The molecule has 17 heavy (non-hydrogen) atoms. The zero-order chi connectivity index (χ0) is 13.0. The molecule has 0 aliphatic carbocycles. The van der Waals surface area contributed by atoms with Gasteiger partial charge in [-0.05, 0) is 13.8 Å². The minimum atomic E-state index is -0.578. The summed E-state index contributed by atoms with van der Waals surface area (Å²) in [5.74, 6) is -0.578. The van der Waals surface area contributed by atoms with Crippen molar-refractivity contribution in [1.82, 2.24) is 9.13 Å². The molecule has 0 N–H and O–H groups in total. The molecule has 0 saturated carbocycles. The summed E-state index contributed by atoms with van der Waals surface area (Å²) in [7, 11) is 0. The van der Waals surface area contributed by atoms with Gasteiger partial charge in [-0.3, -0.25) is 13.9 Å². The first-order valence-corrected chi connectivity index (χ1v) is 5.10. The number of esters is 1. The summed E-state index contributed by atoms with van der Waals surface area (Å²) in [6, 6.07) is 1.25. The third-order valence-corrected chi connectivity index (χ3v) is 2.14. The first-order valence-electron chi connectivity index (χ1n) is 5.10. The van der Waals surface area contributed by atoms with Crippen molar-refractivity contribution < 1.29 is 9.53 Å². The molecule has 0 bridgehead atoms. The minimum Gasteiger partial charge on any atom is -0.440 e. The number of aromatic nitrogens is 2. The summed E-state index contributed by atoms with van der Waals surface area (Å²) in [5, 5.41) is 0. The second kappa shape index (κ2) is 5.29. The molecule has 0 fully saturated rings. The van der Waals surface area contributed by atoms with Crippen molar-refractivity contribution in [2.75, 3.05) is 0 Å². The highest BCUT2D eigenvalue weighted by atomic mass is 16.5. The fraction of sp³-hybridized carbons (Fsp3) is 0.364. The Balaban J connectivity index is 2.94. The van der Waals surface area contributed by atoms with Gasteiger partial charge in [0.1, 0.15) is 0 Å². The van der Waals surface area contributed by atoms with Gasteiger partial charge in [-0.2, -0.15) is 0 Å². The summed E-state index contributed by atoms with van der Waals surface area (Å²) in [5.41, 5.74) is -0.628. The highest BCUT2D eigenvalue weighted by Crippen LogP contribution is 1.93. The highest BCUT2D eigenvalue weighted by Gasteiger charge is 2.06. The molecule has 0 aromatic carbocycles. The van der Waals surface area contributed by atoms with Gasteiger partial charge in [0.2, 0.25) is 0 Å². The van der Waals surface area contributed by atoms with Crippen molar-refractivity contribution in [3.05, 3.63) is 45.3 Å². The SMILES string of the molecule is C=C(C)C(=O)OCn1ccc(=O)n(CC)c1=O. The van der Waals surface area contributed by atoms with Crippen molar-refractivity contribution >= 4 is 5.97 Å². The maximum absolute atomic E-state index is 11.7. The zero-order valence-corrected chi connectivity index (χ0v) is 9.80. The molecule has 0 aliphatic heterocycles. The third-order valence-electron chi connectivity index (χ3n) is 2.14. The normalized spacial score (nSPS) is 10.0. The van der Waals surface area contributed by atoms with Crippen LogP contribution in [-0.2, 0) is 22.8 Å². The molecule has 6 nitrogen and oxygen atoms in total. The Morgan fingerprint density at radius 2 is 2.12 bits per heavy atom. The average molecular weight is 238 g/mol.